The van der Waals surface area contributed by atoms with Crippen molar-refractivity contribution in [3.8, 4) is 0 Å². The number of anilines is 1. The Labute approximate surface area is 133 Å². The van der Waals surface area contributed by atoms with Crippen molar-refractivity contribution in [2.45, 2.75) is 0 Å². The zero-order valence-corrected chi connectivity index (χ0v) is 12.9. The van der Waals surface area contributed by atoms with Crippen LogP contribution in [0.4, 0.5) is 5.13 Å². The summed E-state index contributed by atoms with van der Waals surface area (Å²) in [7, 11) is 1.18. The van der Waals surface area contributed by atoms with E-state index in [0.29, 0.717) is 0 Å². The summed E-state index contributed by atoms with van der Waals surface area (Å²) in [5.41, 5.74) is -0.210. The molecule has 0 aliphatic rings. The second-order valence-electron chi connectivity index (χ2n) is 3.28. The third kappa shape index (κ3) is 5.66. The molecular weight excluding hydrogens is 345 g/mol. The molecule has 0 atom stereocenters. The van der Waals surface area contributed by atoms with E-state index in [2.05, 4.69) is 25.0 Å². The van der Waals surface area contributed by atoms with Crippen LogP contribution in [0.15, 0.2) is 10.5 Å². The van der Waals surface area contributed by atoms with Gasteiger partial charge in [0.15, 0.2) is 10.8 Å². The predicted molar refractivity (Wildman–Crippen MR) is 76.8 cm³/mol. The zero-order valence-electron chi connectivity index (χ0n) is 10.6. The van der Waals surface area contributed by atoms with E-state index < -0.39 is 23.7 Å². The highest BCUT2D eigenvalue weighted by atomic mass is 35.5. The minimum absolute atomic E-state index is 0.0924. The number of ether oxygens (including phenoxy) is 1. The molecular formula is C10H9Cl2N3O5S. The number of methoxy groups -OCH3 is 1. The van der Waals surface area contributed by atoms with Gasteiger partial charge in [0.05, 0.1) is 7.11 Å². The molecule has 114 valence electrons. The van der Waals surface area contributed by atoms with Gasteiger partial charge in [0, 0.05) is 5.38 Å². The fraction of sp³-hybridized carbons (Fsp3) is 0.300. The van der Waals surface area contributed by atoms with Crippen LogP contribution in [0, 0.1) is 0 Å². The Bertz CT molecular complexity index is 575. The van der Waals surface area contributed by atoms with Crippen molar-refractivity contribution in [2.24, 2.45) is 5.16 Å². The SMILES string of the molecule is COC(=O)CO/N=C(/C(=O)Cl)c1csc(NC(=O)CCl)n1. The number of halogens is 2. The lowest BCUT2D eigenvalue weighted by Gasteiger charge is -2.00. The van der Waals surface area contributed by atoms with E-state index in [1.807, 2.05) is 0 Å². The molecule has 0 fully saturated rings. The molecule has 0 saturated carbocycles. The lowest BCUT2D eigenvalue weighted by molar-refractivity contribution is -0.145. The third-order valence-corrected chi connectivity index (χ3v) is 3.05. The van der Waals surface area contributed by atoms with Crippen molar-refractivity contribution >= 4 is 62.5 Å². The van der Waals surface area contributed by atoms with Crippen LogP contribution in [0.5, 0.6) is 0 Å². The van der Waals surface area contributed by atoms with Crippen LogP contribution >= 0.6 is 34.5 Å². The number of nitrogens with one attached hydrogen (secondary N) is 1. The van der Waals surface area contributed by atoms with Gasteiger partial charge in [-0.1, -0.05) is 5.16 Å². The van der Waals surface area contributed by atoms with Gasteiger partial charge in [-0.2, -0.15) is 0 Å². The van der Waals surface area contributed by atoms with Crippen molar-refractivity contribution in [3.63, 3.8) is 0 Å². The number of hydrogen-bond acceptors (Lipinski definition) is 8. The lowest BCUT2D eigenvalue weighted by atomic mass is 10.3. The predicted octanol–water partition coefficient (Wildman–Crippen LogP) is 0.979. The fourth-order valence-electron chi connectivity index (χ4n) is 0.984. The van der Waals surface area contributed by atoms with E-state index in [9.17, 15) is 14.4 Å². The van der Waals surface area contributed by atoms with Crippen LogP contribution in [-0.2, 0) is 24.0 Å². The van der Waals surface area contributed by atoms with Crippen LogP contribution in [0.1, 0.15) is 5.69 Å². The van der Waals surface area contributed by atoms with Crippen LogP contribution in [0.2, 0.25) is 0 Å². The van der Waals surface area contributed by atoms with Crippen LogP contribution in [-0.4, -0.2) is 47.4 Å². The number of amides is 1. The van der Waals surface area contributed by atoms with Gasteiger partial charge in [0.1, 0.15) is 11.6 Å². The van der Waals surface area contributed by atoms with Gasteiger partial charge >= 0.3 is 5.97 Å². The zero-order chi connectivity index (χ0) is 15.8. The Hall–Kier alpha value is -1.71. The summed E-state index contributed by atoms with van der Waals surface area (Å²) < 4.78 is 4.33. The lowest BCUT2D eigenvalue weighted by Crippen LogP contribution is -2.15. The van der Waals surface area contributed by atoms with E-state index in [4.69, 9.17) is 23.2 Å². The summed E-state index contributed by atoms with van der Waals surface area (Å²) in [6.45, 7) is -0.482. The first-order valence-corrected chi connectivity index (χ1v) is 7.05. The Morgan fingerprint density at radius 2 is 2.19 bits per heavy atom. The number of thiazole rings is 1. The van der Waals surface area contributed by atoms with E-state index in [1.54, 1.807) is 0 Å². The van der Waals surface area contributed by atoms with Crippen molar-refractivity contribution in [2.75, 3.05) is 24.9 Å². The quantitative estimate of drug-likeness (QED) is 0.257. The van der Waals surface area contributed by atoms with Gasteiger partial charge in [0.25, 0.3) is 5.24 Å². The Kier molecular flexibility index (Phi) is 7.06. The van der Waals surface area contributed by atoms with Crippen molar-refractivity contribution in [1.29, 1.82) is 0 Å². The second kappa shape index (κ2) is 8.55. The number of oxime groups is 1. The maximum atomic E-state index is 11.3. The average Bonchev–Trinajstić information content (AvgIpc) is 2.90. The van der Waals surface area contributed by atoms with E-state index >= 15 is 0 Å². The number of hydrogen-bond donors (Lipinski definition) is 1. The summed E-state index contributed by atoms with van der Waals surface area (Å²) in [6, 6.07) is 0. The molecule has 1 N–H and O–H groups in total. The van der Waals surface area contributed by atoms with E-state index in [0.717, 1.165) is 11.3 Å². The number of carbonyl (C=O) groups is 3. The molecule has 0 radical (unpaired) electrons. The largest absolute Gasteiger partial charge is 0.466 e. The van der Waals surface area contributed by atoms with Crippen LogP contribution in [0.25, 0.3) is 0 Å². The number of nitrogens with zero attached hydrogens (tertiary/aromatic N) is 2. The van der Waals surface area contributed by atoms with Crippen molar-refractivity contribution < 1.29 is 24.0 Å². The normalized spacial score (nSPS) is 10.9. The molecule has 8 nitrogen and oxygen atoms in total. The summed E-state index contributed by atoms with van der Waals surface area (Å²) in [5.74, 6) is -1.35. The van der Waals surface area contributed by atoms with E-state index in [-0.39, 0.29) is 22.4 Å². The van der Waals surface area contributed by atoms with Gasteiger partial charge in [0.2, 0.25) is 12.5 Å². The number of rotatable bonds is 7. The van der Waals surface area contributed by atoms with E-state index in [1.165, 1.54) is 12.5 Å². The molecule has 1 heterocycles. The molecule has 0 aromatic carbocycles. The Morgan fingerprint density at radius 1 is 1.48 bits per heavy atom. The van der Waals surface area contributed by atoms with Gasteiger partial charge in [-0.05, 0) is 11.6 Å². The molecule has 1 rings (SSSR count). The smallest absolute Gasteiger partial charge is 0.346 e. The second-order valence-corrected chi connectivity index (χ2v) is 4.75. The highest BCUT2D eigenvalue weighted by Gasteiger charge is 2.17. The molecule has 21 heavy (non-hydrogen) atoms. The van der Waals surface area contributed by atoms with Gasteiger partial charge < -0.3 is 14.9 Å². The molecule has 1 aromatic rings. The molecule has 0 unspecified atom stereocenters. The van der Waals surface area contributed by atoms with Crippen LogP contribution < -0.4 is 5.32 Å². The highest BCUT2D eigenvalue weighted by Crippen LogP contribution is 2.17. The van der Waals surface area contributed by atoms with Crippen LogP contribution in [0.3, 0.4) is 0 Å². The molecule has 0 saturated heterocycles. The standard InChI is InChI=1S/C10H9Cl2N3O5S/c1-19-7(17)3-20-15-8(9(12)18)5-4-21-10(13-5)14-6(16)2-11/h4H,2-3H2,1H3,(H,13,14,16)/b15-8+. The Balaban J connectivity index is 2.81. The number of alkyl halides is 1. The summed E-state index contributed by atoms with van der Waals surface area (Å²) in [6.07, 6.45) is 0. The summed E-state index contributed by atoms with van der Waals surface area (Å²) >= 11 is 11.7. The molecule has 11 heteroatoms. The van der Waals surface area contributed by atoms with Crippen molar-refractivity contribution in [1.82, 2.24) is 4.98 Å². The van der Waals surface area contributed by atoms with Gasteiger partial charge in [-0.25, -0.2) is 9.78 Å². The van der Waals surface area contributed by atoms with Gasteiger partial charge in [-0.15, -0.1) is 22.9 Å². The molecule has 1 amide bonds. The minimum atomic E-state index is -0.930. The third-order valence-electron chi connectivity index (χ3n) is 1.87. The van der Waals surface area contributed by atoms with Gasteiger partial charge in [-0.3, -0.25) is 9.59 Å². The molecule has 0 aliphatic carbocycles. The fourth-order valence-corrected chi connectivity index (χ4v) is 1.89. The maximum Gasteiger partial charge on any atom is 0.346 e. The summed E-state index contributed by atoms with van der Waals surface area (Å²) in [5, 5.41) is 6.56. The molecule has 1 aromatic heterocycles. The molecule has 0 aliphatic heterocycles. The number of aromatic nitrogens is 1. The summed E-state index contributed by atoms with van der Waals surface area (Å²) in [4.78, 5) is 41.8. The minimum Gasteiger partial charge on any atom is -0.466 e. The topological polar surface area (TPSA) is 107 Å². The Morgan fingerprint density at radius 3 is 2.76 bits per heavy atom. The average molecular weight is 354 g/mol. The first kappa shape index (κ1) is 17.3. The maximum absolute atomic E-state index is 11.3. The highest BCUT2D eigenvalue weighted by molar-refractivity contribution is 7.14. The number of esters is 1. The first-order valence-electron chi connectivity index (χ1n) is 5.26. The monoisotopic (exact) mass is 353 g/mol. The van der Waals surface area contributed by atoms with Crippen molar-refractivity contribution in [3.05, 3.63) is 11.1 Å². The first-order chi connectivity index (χ1) is 9.97. The molecule has 0 spiro atoms. The number of carbonyl (C=O) groups excluding carboxylic acids is 3. The molecule has 0 bridgehead atoms.